The molecule has 2 aromatic carbocycles. The summed E-state index contributed by atoms with van der Waals surface area (Å²) in [6.07, 6.45) is 0.946. The fraction of sp³-hybridized carbons (Fsp3) is 0.304. The number of ether oxygens (including phenoxy) is 1. The zero-order valence-corrected chi connectivity index (χ0v) is 16.1. The number of nitrogens with one attached hydrogen (secondary N) is 1. The molecule has 3 aromatic rings. The Hall–Kier alpha value is -3.12. The third-order valence-electron chi connectivity index (χ3n) is 6.27. The number of hydrogen-bond acceptors (Lipinski definition) is 5. The summed E-state index contributed by atoms with van der Waals surface area (Å²) in [7, 11) is 1.33. The number of rotatable bonds is 3. The zero-order chi connectivity index (χ0) is 20.1. The van der Waals surface area contributed by atoms with E-state index in [-0.39, 0.29) is 17.6 Å². The summed E-state index contributed by atoms with van der Waals surface area (Å²) in [5.74, 6) is -1.07. The summed E-state index contributed by atoms with van der Waals surface area (Å²) >= 11 is 0. The molecule has 2 aliphatic heterocycles. The first-order chi connectivity index (χ1) is 14.1. The topological polar surface area (TPSA) is 82.6 Å². The molecule has 29 heavy (non-hydrogen) atoms. The lowest BCUT2D eigenvalue weighted by molar-refractivity contribution is -0.156. The van der Waals surface area contributed by atoms with Crippen LogP contribution in [-0.2, 0) is 27.3 Å². The van der Waals surface area contributed by atoms with E-state index in [1.54, 1.807) is 18.2 Å². The molecule has 1 aromatic heterocycles. The Labute approximate surface area is 168 Å². The molecule has 1 saturated heterocycles. The minimum absolute atomic E-state index is 0.0795. The second-order valence-corrected chi connectivity index (χ2v) is 7.85. The number of aromatic amines is 1. The van der Waals surface area contributed by atoms with Crippen molar-refractivity contribution in [2.24, 2.45) is 5.92 Å². The molecule has 6 nitrogen and oxygen atoms in total. The van der Waals surface area contributed by atoms with Crippen molar-refractivity contribution in [2.45, 2.75) is 31.5 Å². The van der Waals surface area contributed by atoms with Crippen molar-refractivity contribution in [3.05, 3.63) is 65.4 Å². The highest BCUT2D eigenvalue weighted by atomic mass is 16.5. The standard InChI is InChI=1S/C23H22N2O4/c1-29-23(28)17-11-19-21-16(15-7-2-3-8-18(15)24-21)10-20(22(17)27)25(19)12-13-5-4-6-14(26)9-13/h2-9,17,19-20,24,26H,10-12H2,1H3/t17?,19-,20-/m0/s1. The number of Topliss-reactive ketones (excluding diaryl/α,β-unsaturated/α-hetero) is 1. The minimum atomic E-state index is -0.741. The molecule has 5 rings (SSSR count). The second-order valence-electron chi connectivity index (χ2n) is 7.85. The monoisotopic (exact) mass is 390 g/mol. The Bertz CT molecular complexity index is 1120. The van der Waals surface area contributed by atoms with E-state index < -0.39 is 17.9 Å². The number of fused-ring (bicyclic) bond motifs is 6. The van der Waals surface area contributed by atoms with Crippen LogP contribution in [0.5, 0.6) is 5.75 Å². The molecule has 0 amide bonds. The number of para-hydroxylation sites is 1. The molecule has 6 heteroatoms. The predicted octanol–water partition coefficient (Wildman–Crippen LogP) is 3.10. The van der Waals surface area contributed by atoms with Gasteiger partial charge in [0.2, 0.25) is 0 Å². The molecule has 2 bridgehead atoms. The molecule has 0 radical (unpaired) electrons. The Morgan fingerprint density at radius 2 is 2.03 bits per heavy atom. The molecule has 1 unspecified atom stereocenters. The van der Waals surface area contributed by atoms with Gasteiger partial charge >= 0.3 is 5.97 Å². The van der Waals surface area contributed by atoms with Crippen molar-refractivity contribution in [1.29, 1.82) is 0 Å². The van der Waals surface area contributed by atoms with Crippen LogP contribution in [0.3, 0.4) is 0 Å². The number of phenols is 1. The Morgan fingerprint density at radius 3 is 2.83 bits per heavy atom. The Kier molecular flexibility index (Phi) is 4.17. The highest BCUT2D eigenvalue weighted by molar-refractivity contribution is 6.03. The van der Waals surface area contributed by atoms with E-state index >= 15 is 0 Å². The van der Waals surface area contributed by atoms with Crippen molar-refractivity contribution in [3.8, 4) is 5.75 Å². The van der Waals surface area contributed by atoms with Gasteiger partial charge in [0.05, 0.1) is 19.2 Å². The van der Waals surface area contributed by atoms with Gasteiger partial charge in [-0.05, 0) is 42.2 Å². The van der Waals surface area contributed by atoms with Crippen molar-refractivity contribution in [3.63, 3.8) is 0 Å². The van der Waals surface area contributed by atoms with Gasteiger partial charge in [-0.15, -0.1) is 0 Å². The average molecular weight is 390 g/mol. The van der Waals surface area contributed by atoms with E-state index in [4.69, 9.17) is 4.74 Å². The quantitative estimate of drug-likeness (QED) is 0.530. The number of carbonyl (C=O) groups excluding carboxylic acids is 2. The lowest BCUT2D eigenvalue weighted by atomic mass is 9.76. The van der Waals surface area contributed by atoms with Gasteiger partial charge in [-0.1, -0.05) is 30.3 Å². The van der Waals surface area contributed by atoms with Crippen molar-refractivity contribution in [1.82, 2.24) is 9.88 Å². The highest BCUT2D eigenvalue weighted by Crippen LogP contribution is 2.45. The van der Waals surface area contributed by atoms with Crippen LogP contribution in [0.25, 0.3) is 10.9 Å². The zero-order valence-electron chi connectivity index (χ0n) is 16.1. The summed E-state index contributed by atoms with van der Waals surface area (Å²) in [6, 6.07) is 14.7. The molecule has 2 N–H and O–H groups in total. The maximum atomic E-state index is 13.3. The summed E-state index contributed by atoms with van der Waals surface area (Å²) < 4.78 is 4.92. The second kappa shape index (κ2) is 6.74. The van der Waals surface area contributed by atoms with Crippen LogP contribution >= 0.6 is 0 Å². The number of carbonyl (C=O) groups is 2. The van der Waals surface area contributed by atoms with Gasteiger partial charge in [-0.25, -0.2) is 0 Å². The summed E-state index contributed by atoms with van der Waals surface area (Å²) in [6.45, 7) is 0.526. The maximum Gasteiger partial charge on any atom is 0.316 e. The van der Waals surface area contributed by atoms with Crippen LogP contribution in [0.2, 0.25) is 0 Å². The summed E-state index contributed by atoms with van der Waals surface area (Å²) in [5, 5.41) is 11.0. The van der Waals surface area contributed by atoms with Crippen LogP contribution in [-0.4, -0.2) is 39.9 Å². The number of aromatic nitrogens is 1. The molecule has 0 aliphatic carbocycles. The van der Waals surface area contributed by atoms with Crippen LogP contribution in [0, 0.1) is 5.92 Å². The van der Waals surface area contributed by atoms with Crippen molar-refractivity contribution in [2.75, 3.05) is 7.11 Å². The fourth-order valence-corrected chi connectivity index (χ4v) is 4.95. The number of esters is 1. The van der Waals surface area contributed by atoms with Crippen LogP contribution in [0.15, 0.2) is 48.5 Å². The van der Waals surface area contributed by atoms with E-state index in [1.165, 1.54) is 12.7 Å². The third kappa shape index (κ3) is 2.83. The molecule has 148 valence electrons. The van der Waals surface area contributed by atoms with Crippen LogP contribution < -0.4 is 0 Å². The Balaban J connectivity index is 1.61. The number of ketones is 1. The largest absolute Gasteiger partial charge is 0.508 e. The van der Waals surface area contributed by atoms with Crippen molar-refractivity contribution >= 4 is 22.7 Å². The SMILES string of the molecule is COC(=O)C1C[C@H]2c3[nH]c4ccccc4c3C[C@@H](C1=O)N2Cc1cccc(O)c1. The lowest BCUT2D eigenvalue weighted by Crippen LogP contribution is -2.56. The van der Waals surface area contributed by atoms with Gasteiger partial charge in [-0.2, -0.15) is 0 Å². The predicted molar refractivity (Wildman–Crippen MR) is 107 cm³/mol. The first-order valence-corrected chi connectivity index (χ1v) is 9.81. The number of methoxy groups -OCH3 is 1. The molecule has 3 heterocycles. The smallest absolute Gasteiger partial charge is 0.316 e. The average Bonchev–Trinajstić information content (AvgIpc) is 3.09. The number of benzene rings is 2. The van der Waals surface area contributed by atoms with Gasteiger partial charge in [-0.3, -0.25) is 14.5 Å². The third-order valence-corrected chi connectivity index (χ3v) is 6.27. The molecule has 0 spiro atoms. The summed E-state index contributed by atoms with van der Waals surface area (Å²) in [4.78, 5) is 31.3. The molecular formula is C23H22N2O4. The van der Waals surface area contributed by atoms with E-state index in [1.807, 2.05) is 24.3 Å². The fourth-order valence-electron chi connectivity index (χ4n) is 4.95. The number of aromatic hydroxyl groups is 1. The number of phenolic OH excluding ortho intramolecular Hbond substituents is 1. The molecule has 1 fully saturated rings. The van der Waals surface area contributed by atoms with Crippen molar-refractivity contribution < 1.29 is 19.4 Å². The first kappa shape index (κ1) is 17.9. The molecule has 0 saturated carbocycles. The van der Waals surface area contributed by atoms with E-state index in [2.05, 4.69) is 16.0 Å². The first-order valence-electron chi connectivity index (χ1n) is 9.81. The van der Waals surface area contributed by atoms with Gasteiger partial charge < -0.3 is 14.8 Å². The van der Waals surface area contributed by atoms with E-state index in [0.29, 0.717) is 19.4 Å². The Morgan fingerprint density at radius 1 is 1.21 bits per heavy atom. The normalized spacial score (nSPS) is 23.8. The van der Waals surface area contributed by atoms with Gasteiger partial charge in [0.15, 0.2) is 5.78 Å². The highest BCUT2D eigenvalue weighted by Gasteiger charge is 2.50. The van der Waals surface area contributed by atoms with Crippen LogP contribution in [0.1, 0.15) is 29.3 Å². The van der Waals surface area contributed by atoms with E-state index in [0.717, 1.165) is 22.2 Å². The number of nitrogens with zero attached hydrogens (tertiary/aromatic N) is 1. The van der Waals surface area contributed by atoms with Crippen LogP contribution in [0.4, 0.5) is 0 Å². The molecule has 3 atom stereocenters. The summed E-state index contributed by atoms with van der Waals surface area (Å²) in [5.41, 5.74) is 4.22. The van der Waals surface area contributed by atoms with Gasteiger partial charge in [0, 0.05) is 23.1 Å². The number of H-pyrrole nitrogens is 1. The molecular weight excluding hydrogens is 368 g/mol. The van der Waals surface area contributed by atoms with E-state index in [9.17, 15) is 14.7 Å². The molecule has 2 aliphatic rings. The maximum absolute atomic E-state index is 13.3. The van der Waals surface area contributed by atoms with Gasteiger partial charge in [0.25, 0.3) is 0 Å². The minimum Gasteiger partial charge on any atom is -0.508 e. The number of hydrogen-bond donors (Lipinski definition) is 2. The van der Waals surface area contributed by atoms with Gasteiger partial charge in [0.1, 0.15) is 11.7 Å². The lowest BCUT2D eigenvalue weighted by Gasteiger charge is -2.46. The number of piperidine rings is 1.